The van der Waals surface area contributed by atoms with Gasteiger partial charge < -0.3 is 14.6 Å². The van der Waals surface area contributed by atoms with Crippen LogP contribution in [0.1, 0.15) is 98.0 Å². The Bertz CT molecular complexity index is 1120. The fourth-order valence-electron chi connectivity index (χ4n) is 5.84. The third-order valence-corrected chi connectivity index (χ3v) is 8.17. The Balaban J connectivity index is 1.32. The highest BCUT2D eigenvalue weighted by Gasteiger charge is 2.31. The molecule has 0 spiro atoms. The molecule has 2 aromatic carbocycles. The van der Waals surface area contributed by atoms with Crippen molar-refractivity contribution in [1.82, 2.24) is 0 Å². The van der Waals surface area contributed by atoms with E-state index in [2.05, 4.69) is 6.58 Å². The zero-order valence-electron chi connectivity index (χ0n) is 21.9. The minimum Gasteiger partial charge on any atom is -0.493 e. The minimum absolute atomic E-state index is 0.0307. The van der Waals surface area contributed by atoms with E-state index >= 15 is 8.78 Å². The molecule has 0 bridgehead atoms. The normalized spacial score (nSPS) is 24.4. The number of carbonyl (C=O) groups is 1. The van der Waals surface area contributed by atoms with Gasteiger partial charge >= 0.3 is 5.97 Å². The molecule has 1 unspecified atom stereocenters. The van der Waals surface area contributed by atoms with Crippen molar-refractivity contribution < 1.29 is 32.5 Å². The third kappa shape index (κ3) is 6.60. The average Bonchev–Trinajstić information content (AvgIpc) is 2.91. The summed E-state index contributed by atoms with van der Waals surface area (Å²) in [6.45, 7) is 5.76. The maximum Gasteiger partial charge on any atom is 0.341 e. The van der Waals surface area contributed by atoms with Gasteiger partial charge in [0.1, 0.15) is 17.7 Å². The topological polar surface area (TPSA) is 55.8 Å². The number of aliphatic hydroxyl groups excluding tert-OH is 1. The number of halogens is 3. The van der Waals surface area contributed by atoms with Gasteiger partial charge in [-0.15, -0.1) is 6.58 Å². The van der Waals surface area contributed by atoms with Crippen molar-refractivity contribution in [3.63, 3.8) is 0 Å². The molecule has 2 fully saturated rings. The summed E-state index contributed by atoms with van der Waals surface area (Å²) in [5.74, 6) is -2.64. The maximum atomic E-state index is 15.2. The Labute approximate surface area is 222 Å². The van der Waals surface area contributed by atoms with Crippen molar-refractivity contribution in [3.8, 4) is 5.75 Å². The molecule has 4 nitrogen and oxygen atoms in total. The van der Waals surface area contributed by atoms with E-state index in [0.717, 1.165) is 31.7 Å². The number of carbonyl (C=O) groups excluding carboxylic acids is 1. The first kappa shape index (κ1) is 28.2. The largest absolute Gasteiger partial charge is 0.493 e. The number of aliphatic hydroxyl groups is 1. The molecule has 0 heterocycles. The van der Waals surface area contributed by atoms with Crippen molar-refractivity contribution in [1.29, 1.82) is 0 Å². The SMILES string of the molecule is C=CCCOc1ccc(C(=O)OC2CCC(c3ccc(C4CCC(C(C)O)CC4)c(F)c3F)CC2)c(F)c1. The standard InChI is InChI=1S/C31H37F3O4/c1-3-4-17-37-24-13-14-27(28(32)18-24)31(36)38-23-11-9-22(10-12-23)26-16-15-25(29(33)30(26)34)21-7-5-20(6-8-21)19(2)35/h3,13-16,18-23,35H,1,4-12,17H2,2H3. The zero-order valence-corrected chi connectivity index (χ0v) is 21.9. The molecule has 0 saturated heterocycles. The molecule has 0 radical (unpaired) electrons. The van der Waals surface area contributed by atoms with E-state index in [1.54, 1.807) is 25.1 Å². The Morgan fingerprint density at radius 3 is 2.08 bits per heavy atom. The second kappa shape index (κ2) is 12.8. The van der Waals surface area contributed by atoms with Gasteiger partial charge in [0, 0.05) is 6.07 Å². The van der Waals surface area contributed by atoms with Crippen molar-refractivity contribution >= 4 is 5.97 Å². The predicted molar refractivity (Wildman–Crippen MR) is 140 cm³/mol. The molecule has 0 aromatic heterocycles. The van der Waals surface area contributed by atoms with Crippen LogP contribution in [0.5, 0.6) is 5.75 Å². The van der Waals surface area contributed by atoms with E-state index in [9.17, 15) is 14.3 Å². The highest BCUT2D eigenvalue weighted by molar-refractivity contribution is 5.90. The number of hydrogen-bond acceptors (Lipinski definition) is 4. The lowest BCUT2D eigenvalue weighted by Gasteiger charge is -2.31. The fraction of sp³-hybridized carbons (Fsp3) is 0.516. The summed E-state index contributed by atoms with van der Waals surface area (Å²) >= 11 is 0. The molecule has 2 saturated carbocycles. The molecule has 0 amide bonds. The molecule has 4 rings (SSSR count). The number of rotatable bonds is 9. The number of hydrogen-bond donors (Lipinski definition) is 1. The van der Waals surface area contributed by atoms with E-state index in [-0.39, 0.29) is 29.4 Å². The zero-order chi connectivity index (χ0) is 27.2. The van der Waals surface area contributed by atoms with Crippen LogP contribution in [0.2, 0.25) is 0 Å². The second-order valence-electron chi connectivity index (χ2n) is 10.7. The Kier molecular flexibility index (Phi) is 9.53. The molecule has 2 aromatic rings. The lowest BCUT2D eigenvalue weighted by molar-refractivity contribution is 0.0189. The van der Waals surface area contributed by atoms with Gasteiger partial charge in [0.2, 0.25) is 0 Å². The second-order valence-corrected chi connectivity index (χ2v) is 10.7. The Hall–Kier alpha value is -2.80. The summed E-state index contributed by atoms with van der Waals surface area (Å²) in [5.41, 5.74) is 0.637. The van der Waals surface area contributed by atoms with Crippen LogP contribution in [0.4, 0.5) is 13.2 Å². The van der Waals surface area contributed by atoms with Crippen molar-refractivity contribution in [2.24, 2.45) is 5.92 Å². The molecule has 1 N–H and O–H groups in total. The molecular weight excluding hydrogens is 493 g/mol. The van der Waals surface area contributed by atoms with Crippen LogP contribution in [0.15, 0.2) is 43.0 Å². The van der Waals surface area contributed by atoms with Gasteiger partial charge in [0.05, 0.1) is 18.3 Å². The highest BCUT2D eigenvalue weighted by Crippen LogP contribution is 2.41. The Morgan fingerprint density at radius 2 is 1.55 bits per heavy atom. The molecule has 2 aliphatic rings. The van der Waals surface area contributed by atoms with Crippen LogP contribution >= 0.6 is 0 Å². The fourth-order valence-corrected chi connectivity index (χ4v) is 5.84. The lowest BCUT2D eigenvalue weighted by Crippen LogP contribution is -2.25. The van der Waals surface area contributed by atoms with Gasteiger partial charge in [0.25, 0.3) is 0 Å². The van der Waals surface area contributed by atoms with Gasteiger partial charge in [-0.3, -0.25) is 0 Å². The van der Waals surface area contributed by atoms with Crippen molar-refractivity contribution in [2.75, 3.05) is 6.61 Å². The monoisotopic (exact) mass is 530 g/mol. The third-order valence-electron chi connectivity index (χ3n) is 8.17. The molecule has 38 heavy (non-hydrogen) atoms. The molecule has 206 valence electrons. The number of ether oxygens (including phenoxy) is 2. The maximum absolute atomic E-state index is 15.2. The summed E-state index contributed by atoms with van der Waals surface area (Å²) in [6.07, 6.45) is 6.73. The van der Waals surface area contributed by atoms with Crippen LogP contribution < -0.4 is 4.74 Å². The van der Waals surface area contributed by atoms with Gasteiger partial charge in [-0.25, -0.2) is 18.0 Å². The van der Waals surface area contributed by atoms with Gasteiger partial charge in [0.15, 0.2) is 11.6 Å². The molecule has 0 aliphatic heterocycles. The summed E-state index contributed by atoms with van der Waals surface area (Å²) in [5, 5.41) is 9.81. The average molecular weight is 531 g/mol. The van der Waals surface area contributed by atoms with Crippen molar-refractivity contribution in [2.45, 2.75) is 88.8 Å². The number of benzene rings is 2. The van der Waals surface area contributed by atoms with E-state index < -0.39 is 29.5 Å². The molecule has 7 heteroatoms. The minimum atomic E-state index is -0.780. The first-order valence-corrected chi connectivity index (χ1v) is 13.7. The first-order valence-electron chi connectivity index (χ1n) is 13.7. The van der Waals surface area contributed by atoms with Gasteiger partial charge in [-0.2, -0.15) is 0 Å². The Morgan fingerprint density at radius 1 is 0.974 bits per heavy atom. The summed E-state index contributed by atoms with van der Waals surface area (Å²) in [4.78, 5) is 12.6. The smallest absolute Gasteiger partial charge is 0.341 e. The lowest BCUT2D eigenvalue weighted by atomic mass is 9.76. The molecular formula is C31H37F3O4. The van der Waals surface area contributed by atoms with Crippen LogP contribution in [0.3, 0.4) is 0 Å². The quantitative estimate of drug-likeness (QED) is 0.206. The number of esters is 1. The summed E-state index contributed by atoms with van der Waals surface area (Å²) < 4.78 is 55.7. The van der Waals surface area contributed by atoms with Crippen molar-refractivity contribution in [3.05, 3.63) is 77.1 Å². The predicted octanol–water partition coefficient (Wildman–Crippen LogP) is 7.60. The summed E-state index contributed by atoms with van der Waals surface area (Å²) in [7, 11) is 0. The van der Waals surface area contributed by atoms with E-state index in [4.69, 9.17) is 9.47 Å². The van der Waals surface area contributed by atoms with Crippen LogP contribution in [-0.2, 0) is 4.74 Å². The van der Waals surface area contributed by atoms with E-state index in [1.165, 1.54) is 12.1 Å². The van der Waals surface area contributed by atoms with Gasteiger partial charge in [-0.1, -0.05) is 18.2 Å². The van der Waals surface area contributed by atoms with Crippen LogP contribution in [0, 0.1) is 23.4 Å². The van der Waals surface area contributed by atoms with Crippen LogP contribution in [-0.4, -0.2) is 29.9 Å². The summed E-state index contributed by atoms with van der Waals surface area (Å²) in [6, 6.07) is 7.47. The molecule has 1 atom stereocenters. The molecule has 2 aliphatic carbocycles. The van der Waals surface area contributed by atoms with E-state index in [1.807, 2.05) is 0 Å². The van der Waals surface area contributed by atoms with Gasteiger partial charge in [-0.05, 0) is 106 Å². The first-order chi connectivity index (χ1) is 18.3. The van der Waals surface area contributed by atoms with Crippen LogP contribution in [0.25, 0.3) is 0 Å². The van der Waals surface area contributed by atoms with E-state index in [0.29, 0.717) is 55.6 Å². The highest BCUT2D eigenvalue weighted by atomic mass is 19.2.